The second-order valence-electron chi connectivity index (χ2n) is 6.62. The molecule has 1 atom stereocenters. The summed E-state index contributed by atoms with van der Waals surface area (Å²) < 4.78 is 10.9. The van der Waals surface area contributed by atoms with Gasteiger partial charge in [-0.15, -0.1) is 0 Å². The largest absolute Gasteiger partial charge is 0.444 e. The second-order valence-corrected chi connectivity index (χ2v) is 6.62. The number of nitrogens with zero attached hydrogens (tertiary/aromatic N) is 1. The number of hydrogen-bond donors (Lipinski definition) is 1. The van der Waals surface area contributed by atoms with Crippen LogP contribution in [0.2, 0.25) is 0 Å². The summed E-state index contributed by atoms with van der Waals surface area (Å²) in [7, 11) is 2.91. The van der Waals surface area contributed by atoms with Gasteiger partial charge in [-0.05, 0) is 26.3 Å². The third-order valence-corrected chi connectivity index (χ3v) is 3.20. The molecule has 7 nitrogen and oxygen atoms in total. The third kappa shape index (κ3) is 9.07. The van der Waals surface area contributed by atoms with Gasteiger partial charge in [0, 0.05) is 7.05 Å². The minimum Gasteiger partial charge on any atom is -0.444 e. The van der Waals surface area contributed by atoms with Crippen molar-refractivity contribution in [3.63, 3.8) is 0 Å². The molecule has 140 valence electrons. The van der Waals surface area contributed by atoms with Crippen molar-refractivity contribution in [2.45, 2.75) is 45.4 Å². The van der Waals surface area contributed by atoms with Crippen molar-refractivity contribution in [2.24, 2.45) is 0 Å². The Morgan fingerprint density at radius 3 is 2.40 bits per heavy atom. The SMILES string of the molecule is CON(C)C(=O)C[C@H](COCc1ccccc1)NC(=O)OC(C)(C)C. The van der Waals surface area contributed by atoms with E-state index in [0.717, 1.165) is 10.6 Å². The van der Waals surface area contributed by atoms with Crippen LogP contribution in [-0.4, -0.2) is 49.5 Å². The molecule has 0 bridgehead atoms. The van der Waals surface area contributed by atoms with Crippen LogP contribution in [0.15, 0.2) is 30.3 Å². The number of amides is 2. The lowest BCUT2D eigenvalue weighted by Crippen LogP contribution is -2.44. The molecule has 1 rings (SSSR count). The summed E-state index contributed by atoms with van der Waals surface area (Å²) in [6.45, 7) is 5.89. The summed E-state index contributed by atoms with van der Waals surface area (Å²) in [6.07, 6.45) is -0.549. The van der Waals surface area contributed by atoms with Crippen LogP contribution in [0.5, 0.6) is 0 Å². The molecule has 0 heterocycles. The molecule has 1 aromatic rings. The van der Waals surface area contributed by atoms with Crippen LogP contribution in [-0.2, 0) is 25.7 Å². The van der Waals surface area contributed by atoms with Crippen LogP contribution >= 0.6 is 0 Å². The van der Waals surface area contributed by atoms with Gasteiger partial charge < -0.3 is 14.8 Å². The van der Waals surface area contributed by atoms with Gasteiger partial charge in [0.15, 0.2) is 0 Å². The molecule has 2 amide bonds. The van der Waals surface area contributed by atoms with Gasteiger partial charge in [0.25, 0.3) is 0 Å². The van der Waals surface area contributed by atoms with E-state index in [-0.39, 0.29) is 18.9 Å². The van der Waals surface area contributed by atoms with Crippen LogP contribution in [0, 0.1) is 0 Å². The van der Waals surface area contributed by atoms with Gasteiger partial charge in [-0.2, -0.15) is 0 Å². The molecule has 0 saturated heterocycles. The van der Waals surface area contributed by atoms with Crippen LogP contribution in [0.3, 0.4) is 0 Å². The minimum atomic E-state index is -0.618. The Hall–Kier alpha value is -2.12. The Labute approximate surface area is 149 Å². The fourth-order valence-electron chi connectivity index (χ4n) is 1.96. The van der Waals surface area contributed by atoms with Crippen molar-refractivity contribution >= 4 is 12.0 Å². The molecule has 0 aromatic heterocycles. The molecular formula is C18H28N2O5. The summed E-state index contributed by atoms with van der Waals surface area (Å²) in [5.41, 5.74) is 0.395. The van der Waals surface area contributed by atoms with E-state index in [9.17, 15) is 9.59 Å². The number of rotatable bonds is 8. The molecule has 1 N–H and O–H groups in total. The standard InChI is InChI=1S/C18H28N2O5/c1-18(2,3)25-17(22)19-15(11-16(21)20(4)23-5)13-24-12-14-9-7-6-8-10-14/h6-10,15H,11-13H2,1-5H3,(H,19,22)/t15-/m1/s1. The second kappa shape index (κ2) is 10.0. The number of nitrogens with one attached hydrogen (secondary N) is 1. The zero-order chi connectivity index (χ0) is 18.9. The number of ether oxygens (including phenoxy) is 2. The lowest BCUT2D eigenvalue weighted by Gasteiger charge is -2.24. The van der Waals surface area contributed by atoms with Crippen LogP contribution in [0.1, 0.15) is 32.8 Å². The first kappa shape index (κ1) is 20.9. The van der Waals surface area contributed by atoms with Crippen molar-refractivity contribution in [3.05, 3.63) is 35.9 Å². The van der Waals surface area contributed by atoms with Crippen molar-refractivity contribution < 1.29 is 23.9 Å². The van der Waals surface area contributed by atoms with Gasteiger partial charge in [-0.25, -0.2) is 9.86 Å². The number of benzene rings is 1. The monoisotopic (exact) mass is 352 g/mol. The highest BCUT2D eigenvalue weighted by Gasteiger charge is 2.23. The van der Waals surface area contributed by atoms with Crippen molar-refractivity contribution in [1.82, 2.24) is 10.4 Å². The number of hydrogen-bond acceptors (Lipinski definition) is 5. The van der Waals surface area contributed by atoms with Crippen LogP contribution < -0.4 is 5.32 Å². The summed E-state index contributed by atoms with van der Waals surface area (Å²) in [6, 6.07) is 9.14. The molecule has 0 fully saturated rings. The highest BCUT2D eigenvalue weighted by atomic mass is 16.7. The molecule has 0 aliphatic heterocycles. The number of carbonyl (C=O) groups is 2. The number of hydroxylamine groups is 2. The van der Waals surface area contributed by atoms with Gasteiger partial charge in [-0.3, -0.25) is 9.63 Å². The number of alkyl carbamates (subject to hydrolysis) is 1. The minimum absolute atomic E-state index is 0.0401. The van der Waals surface area contributed by atoms with Gasteiger partial charge in [0.2, 0.25) is 5.91 Å². The normalized spacial score (nSPS) is 12.4. The molecule has 0 saturated carbocycles. The maximum atomic E-state index is 12.0. The quantitative estimate of drug-likeness (QED) is 0.728. The highest BCUT2D eigenvalue weighted by Crippen LogP contribution is 2.08. The fourth-order valence-corrected chi connectivity index (χ4v) is 1.96. The molecule has 0 spiro atoms. The molecule has 0 aliphatic carbocycles. The Bertz CT molecular complexity index is 542. The van der Waals surface area contributed by atoms with Crippen LogP contribution in [0.25, 0.3) is 0 Å². The van der Waals surface area contributed by atoms with Crippen molar-refractivity contribution in [2.75, 3.05) is 20.8 Å². The summed E-state index contributed by atoms with van der Waals surface area (Å²) in [5.74, 6) is -0.271. The Balaban J connectivity index is 2.60. The van der Waals surface area contributed by atoms with Gasteiger partial charge in [0.1, 0.15) is 5.60 Å². The Morgan fingerprint density at radius 2 is 1.84 bits per heavy atom. The molecule has 0 aliphatic rings. The summed E-state index contributed by atoms with van der Waals surface area (Å²) >= 11 is 0. The van der Waals surface area contributed by atoms with E-state index in [1.807, 2.05) is 30.3 Å². The van der Waals surface area contributed by atoms with Gasteiger partial charge in [0.05, 0.1) is 32.8 Å². The molecule has 1 aromatic carbocycles. The van der Waals surface area contributed by atoms with E-state index in [1.54, 1.807) is 20.8 Å². The van der Waals surface area contributed by atoms with E-state index in [0.29, 0.717) is 6.61 Å². The van der Waals surface area contributed by atoms with E-state index in [1.165, 1.54) is 14.2 Å². The Kier molecular flexibility index (Phi) is 8.37. The van der Waals surface area contributed by atoms with E-state index >= 15 is 0 Å². The van der Waals surface area contributed by atoms with E-state index in [4.69, 9.17) is 14.3 Å². The smallest absolute Gasteiger partial charge is 0.407 e. The lowest BCUT2D eigenvalue weighted by atomic mass is 10.2. The zero-order valence-corrected chi connectivity index (χ0v) is 15.6. The number of carbonyl (C=O) groups excluding carboxylic acids is 2. The zero-order valence-electron chi connectivity index (χ0n) is 15.6. The average molecular weight is 352 g/mol. The average Bonchev–Trinajstić information content (AvgIpc) is 2.53. The highest BCUT2D eigenvalue weighted by molar-refractivity contribution is 5.76. The molecule has 25 heavy (non-hydrogen) atoms. The van der Waals surface area contributed by atoms with Gasteiger partial charge in [-0.1, -0.05) is 30.3 Å². The predicted octanol–water partition coefficient (Wildman–Crippen LogP) is 2.51. The first-order valence-corrected chi connectivity index (χ1v) is 8.13. The topological polar surface area (TPSA) is 77.1 Å². The maximum absolute atomic E-state index is 12.0. The van der Waals surface area contributed by atoms with Crippen molar-refractivity contribution in [1.29, 1.82) is 0 Å². The fraction of sp³-hybridized carbons (Fsp3) is 0.556. The van der Waals surface area contributed by atoms with Crippen molar-refractivity contribution in [3.8, 4) is 0 Å². The summed E-state index contributed by atoms with van der Waals surface area (Å²) in [5, 5.41) is 3.79. The molecule has 0 unspecified atom stereocenters. The predicted molar refractivity (Wildman–Crippen MR) is 93.7 cm³/mol. The van der Waals surface area contributed by atoms with E-state index < -0.39 is 17.7 Å². The van der Waals surface area contributed by atoms with Gasteiger partial charge >= 0.3 is 6.09 Å². The summed E-state index contributed by atoms with van der Waals surface area (Å²) in [4.78, 5) is 28.9. The molecular weight excluding hydrogens is 324 g/mol. The first-order valence-electron chi connectivity index (χ1n) is 8.13. The van der Waals surface area contributed by atoms with E-state index in [2.05, 4.69) is 5.32 Å². The molecule has 7 heteroatoms. The first-order chi connectivity index (χ1) is 11.7. The molecule has 0 radical (unpaired) electrons. The third-order valence-electron chi connectivity index (χ3n) is 3.20. The maximum Gasteiger partial charge on any atom is 0.407 e. The van der Waals surface area contributed by atoms with Crippen LogP contribution in [0.4, 0.5) is 4.79 Å². The lowest BCUT2D eigenvalue weighted by molar-refractivity contribution is -0.169. The Morgan fingerprint density at radius 1 is 1.20 bits per heavy atom.